The molecule has 0 spiro atoms. The first-order valence-electron chi connectivity index (χ1n) is 10.7. The molecule has 0 fully saturated rings. The molecular formula is C27H27ClN2O3. The van der Waals surface area contributed by atoms with Crippen molar-refractivity contribution < 1.29 is 14.3 Å². The van der Waals surface area contributed by atoms with Gasteiger partial charge < -0.3 is 15.0 Å². The molecule has 0 radical (unpaired) electrons. The lowest BCUT2D eigenvalue weighted by molar-refractivity contribution is -0.142. The molecule has 3 rings (SSSR count). The van der Waals surface area contributed by atoms with Crippen LogP contribution in [0.5, 0.6) is 5.75 Å². The van der Waals surface area contributed by atoms with Crippen LogP contribution < -0.4 is 10.1 Å². The number of carbonyl (C=O) groups is 2. The average molecular weight is 463 g/mol. The number of hydrogen-bond donors (Lipinski definition) is 1. The lowest BCUT2D eigenvalue weighted by atomic mass is 10.0. The van der Waals surface area contributed by atoms with Crippen LogP contribution in [0.1, 0.15) is 11.1 Å². The van der Waals surface area contributed by atoms with Crippen LogP contribution in [0, 0.1) is 0 Å². The Labute approximate surface area is 199 Å². The summed E-state index contributed by atoms with van der Waals surface area (Å²) in [7, 11) is 0. The third-order valence-corrected chi connectivity index (χ3v) is 5.32. The van der Waals surface area contributed by atoms with E-state index in [1.807, 2.05) is 60.7 Å². The third-order valence-electron chi connectivity index (χ3n) is 5.06. The molecule has 0 aliphatic heterocycles. The zero-order chi connectivity index (χ0) is 23.5. The van der Waals surface area contributed by atoms with Crippen molar-refractivity contribution >= 4 is 23.4 Å². The van der Waals surface area contributed by atoms with E-state index in [9.17, 15) is 9.59 Å². The number of carbonyl (C=O) groups excluding carboxylic acids is 2. The highest BCUT2D eigenvalue weighted by atomic mass is 35.5. The Kier molecular flexibility index (Phi) is 9.09. The van der Waals surface area contributed by atoms with E-state index in [1.54, 1.807) is 35.2 Å². The van der Waals surface area contributed by atoms with E-state index in [-0.39, 0.29) is 25.0 Å². The number of nitrogens with zero attached hydrogens (tertiary/aromatic N) is 1. The summed E-state index contributed by atoms with van der Waals surface area (Å²) >= 11 is 6.03. The van der Waals surface area contributed by atoms with Crippen molar-refractivity contribution in [2.24, 2.45) is 0 Å². The maximum atomic E-state index is 13.4. The van der Waals surface area contributed by atoms with Crippen molar-refractivity contribution in [3.05, 3.63) is 114 Å². The molecular weight excluding hydrogens is 436 g/mol. The highest BCUT2D eigenvalue weighted by Gasteiger charge is 2.30. The fourth-order valence-corrected chi connectivity index (χ4v) is 3.50. The van der Waals surface area contributed by atoms with Gasteiger partial charge in [-0.15, -0.1) is 6.58 Å². The van der Waals surface area contributed by atoms with Gasteiger partial charge in [-0.25, -0.2) is 0 Å². The van der Waals surface area contributed by atoms with Crippen LogP contribution in [0.3, 0.4) is 0 Å². The SMILES string of the molecule is C=CCNC(=O)[C@H](Cc1ccccc1)N(Cc1ccc(Cl)cc1)C(=O)COc1ccccc1. The molecule has 0 heterocycles. The normalized spacial score (nSPS) is 11.3. The van der Waals surface area contributed by atoms with Crippen molar-refractivity contribution in [3.63, 3.8) is 0 Å². The van der Waals surface area contributed by atoms with E-state index in [1.165, 1.54) is 0 Å². The quantitative estimate of drug-likeness (QED) is 0.421. The molecule has 0 saturated carbocycles. The predicted octanol–water partition coefficient (Wildman–Crippen LogP) is 4.66. The topological polar surface area (TPSA) is 58.6 Å². The van der Waals surface area contributed by atoms with Crippen LogP contribution in [0.25, 0.3) is 0 Å². The van der Waals surface area contributed by atoms with E-state index < -0.39 is 6.04 Å². The zero-order valence-electron chi connectivity index (χ0n) is 18.3. The molecule has 0 saturated heterocycles. The largest absolute Gasteiger partial charge is 0.484 e. The van der Waals surface area contributed by atoms with Crippen LogP contribution in [0.15, 0.2) is 97.6 Å². The Morgan fingerprint density at radius 3 is 2.21 bits per heavy atom. The maximum absolute atomic E-state index is 13.4. The van der Waals surface area contributed by atoms with Crippen LogP contribution >= 0.6 is 11.6 Å². The molecule has 33 heavy (non-hydrogen) atoms. The summed E-state index contributed by atoms with van der Waals surface area (Å²) in [6.45, 7) is 4.04. The molecule has 0 unspecified atom stereocenters. The van der Waals surface area contributed by atoms with Crippen LogP contribution in [-0.4, -0.2) is 35.9 Å². The van der Waals surface area contributed by atoms with Gasteiger partial charge in [0.2, 0.25) is 5.91 Å². The third kappa shape index (κ3) is 7.51. The smallest absolute Gasteiger partial charge is 0.261 e. The summed E-state index contributed by atoms with van der Waals surface area (Å²) < 4.78 is 5.71. The molecule has 0 aliphatic carbocycles. The standard InChI is InChI=1S/C27H27ClN2O3/c1-2-17-29-27(32)25(18-21-9-5-3-6-10-21)30(19-22-13-15-23(28)16-14-22)26(31)20-33-24-11-7-4-8-12-24/h2-16,25H,1,17-20H2,(H,29,32)/t25-/m0/s1. The molecule has 3 aromatic rings. The molecule has 1 N–H and O–H groups in total. The minimum absolute atomic E-state index is 0.183. The van der Waals surface area contributed by atoms with Gasteiger partial charge in [0.05, 0.1) is 0 Å². The Hall–Kier alpha value is -3.57. The molecule has 1 atom stereocenters. The van der Waals surface area contributed by atoms with Gasteiger partial charge in [0.1, 0.15) is 11.8 Å². The molecule has 5 nitrogen and oxygen atoms in total. The average Bonchev–Trinajstić information content (AvgIpc) is 2.85. The summed E-state index contributed by atoms with van der Waals surface area (Å²) in [4.78, 5) is 28.1. The Morgan fingerprint density at radius 1 is 0.939 bits per heavy atom. The first kappa shape index (κ1) is 24.1. The van der Waals surface area contributed by atoms with Crippen molar-refractivity contribution in [2.45, 2.75) is 19.0 Å². The first-order chi connectivity index (χ1) is 16.1. The number of ether oxygens (including phenoxy) is 1. The van der Waals surface area contributed by atoms with Crippen LogP contribution in [-0.2, 0) is 22.6 Å². The van der Waals surface area contributed by atoms with E-state index >= 15 is 0 Å². The maximum Gasteiger partial charge on any atom is 0.261 e. The van der Waals surface area contributed by atoms with E-state index in [0.29, 0.717) is 23.7 Å². The van der Waals surface area contributed by atoms with Crippen molar-refractivity contribution in [3.8, 4) is 5.75 Å². The molecule has 170 valence electrons. The second-order valence-electron chi connectivity index (χ2n) is 7.49. The van der Waals surface area contributed by atoms with Gasteiger partial charge in [-0.05, 0) is 35.4 Å². The number of para-hydroxylation sites is 1. The lowest BCUT2D eigenvalue weighted by Gasteiger charge is -2.31. The molecule has 0 bridgehead atoms. The van der Waals surface area contributed by atoms with E-state index in [0.717, 1.165) is 11.1 Å². The monoisotopic (exact) mass is 462 g/mol. The minimum Gasteiger partial charge on any atom is -0.484 e. The number of nitrogens with one attached hydrogen (secondary N) is 1. The summed E-state index contributed by atoms with van der Waals surface area (Å²) in [5.41, 5.74) is 1.82. The fourth-order valence-electron chi connectivity index (χ4n) is 3.38. The summed E-state index contributed by atoms with van der Waals surface area (Å²) in [6.07, 6.45) is 1.98. The molecule has 0 aliphatic rings. The van der Waals surface area contributed by atoms with Gasteiger partial charge in [0.15, 0.2) is 6.61 Å². The number of hydrogen-bond acceptors (Lipinski definition) is 3. The lowest BCUT2D eigenvalue weighted by Crippen LogP contribution is -2.51. The number of benzene rings is 3. The van der Waals surface area contributed by atoms with Gasteiger partial charge in [0.25, 0.3) is 5.91 Å². The molecule has 6 heteroatoms. The van der Waals surface area contributed by atoms with Crippen molar-refractivity contribution in [1.29, 1.82) is 0 Å². The molecule has 2 amide bonds. The number of amides is 2. The van der Waals surface area contributed by atoms with Gasteiger partial charge in [-0.3, -0.25) is 9.59 Å². The highest BCUT2D eigenvalue weighted by Crippen LogP contribution is 2.17. The van der Waals surface area contributed by atoms with Gasteiger partial charge in [-0.1, -0.05) is 78.3 Å². The fraction of sp³-hybridized carbons (Fsp3) is 0.185. The predicted molar refractivity (Wildman–Crippen MR) is 131 cm³/mol. The summed E-state index contributed by atoms with van der Waals surface area (Å²) in [5, 5.41) is 3.45. The Balaban J connectivity index is 1.88. The Morgan fingerprint density at radius 2 is 1.58 bits per heavy atom. The highest BCUT2D eigenvalue weighted by molar-refractivity contribution is 6.30. The van der Waals surface area contributed by atoms with Crippen LogP contribution in [0.2, 0.25) is 5.02 Å². The molecule has 0 aromatic heterocycles. The summed E-state index contributed by atoms with van der Waals surface area (Å²) in [6, 6.07) is 25.3. The van der Waals surface area contributed by atoms with Crippen molar-refractivity contribution in [2.75, 3.05) is 13.2 Å². The number of halogens is 1. The summed E-state index contributed by atoms with van der Waals surface area (Å²) in [5.74, 6) is 0.0530. The Bertz CT molecular complexity index is 1040. The van der Waals surface area contributed by atoms with E-state index in [2.05, 4.69) is 11.9 Å². The van der Waals surface area contributed by atoms with Crippen LogP contribution in [0.4, 0.5) is 0 Å². The number of rotatable bonds is 11. The van der Waals surface area contributed by atoms with Gasteiger partial charge in [-0.2, -0.15) is 0 Å². The van der Waals surface area contributed by atoms with Gasteiger partial charge >= 0.3 is 0 Å². The molecule has 3 aromatic carbocycles. The van der Waals surface area contributed by atoms with Crippen molar-refractivity contribution in [1.82, 2.24) is 10.2 Å². The first-order valence-corrected chi connectivity index (χ1v) is 11.1. The minimum atomic E-state index is -0.727. The van der Waals surface area contributed by atoms with E-state index in [4.69, 9.17) is 16.3 Å². The second kappa shape index (κ2) is 12.5. The second-order valence-corrected chi connectivity index (χ2v) is 7.93. The van der Waals surface area contributed by atoms with Gasteiger partial charge in [0, 0.05) is 24.5 Å². The zero-order valence-corrected chi connectivity index (χ0v) is 19.1.